The van der Waals surface area contributed by atoms with Crippen LogP contribution in [0.25, 0.3) is 0 Å². The Kier molecular flexibility index (Phi) is 6.26. The highest BCUT2D eigenvalue weighted by Gasteiger charge is 2.25. The van der Waals surface area contributed by atoms with Gasteiger partial charge in [0.15, 0.2) is 0 Å². The quantitative estimate of drug-likeness (QED) is 0.874. The molecule has 0 radical (unpaired) electrons. The van der Waals surface area contributed by atoms with Crippen LogP contribution in [0.15, 0.2) is 18.2 Å². The lowest BCUT2D eigenvalue weighted by molar-refractivity contribution is -0.131. The van der Waals surface area contributed by atoms with Crippen LogP contribution in [-0.2, 0) is 9.53 Å². The second kappa shape index (κ2) is 8.41. The zero-order valence-electron chi connectivity index (χ0n) is 13.8. The van der Waals surface area contributed by atoms with E-state index in [1.807, 2.05) is 0 Å². The molecule has 0 bridgehead atoms. The first-order valence-corrected chi connectivity index (χ1v) is 7.85. The fourth-order valence-corrected chi connectivity index (χ4v) is 2.39. The molecule has 1 heterocycles. The van der Waals surface area contributed by atoms with Gasteiger partial charge in [0.1, 0.15) is 11.6 Å². The molecule has 0 aromatic heterocycles. The lowest BCUT2D eigenvalue weighted by Crippen LogP contribution is -2.52. The standard InChI is InChI=1S/C16H19F2N3O4/c1-2-25-16(24)21-7-5-20(6-8-21)14(22)10-19-15(23)12-4-3-11(17)9-13(12)18/h3-4,9H,2,5-8,10H2,1H3,(H,19,23). The van der Waals surface area contributed by atoms with E-state index in [1.54, 1.807) is 6.92 Å². The Morgan fingerprint density at radius 1 is 1.12 bits per heavy atom. The molecule has 3 amide bonds. The van der Waals surface area contributed by atoms with E-state index >= 15 is 0 Å². The van der Waals surface area contributed by atoms with Crippen molar-refractivity contribution in [3.63, 3.8) is 0 Å². The van der Waals surface area contributed by atoms with Gasteiger partial charge in [-0.1, -0.05) is 0 Å². The van der Waals surface area contributed by atoms with Gasteiger partial charge in [-0.25, -0.2) is 13.6 Å². The van der Waals surface area contributed by atoms with Crippen LogP contribution in [0.1, 0.15) is 17.3 Å². The Morgan fingerprint density at radius 2 is 1.76 bits per heavy atom. The summed E-state index contributed by atoms with van der Waals surface area (Å²) in [6, 6.07) is 2.59. The molecular weight excluding hydrogens is 336 g/mol. The van der Waals surface area contributed by atoms with Gasteiger partial charge in [-0.05, 0) is 19.1 Å². The first kappa shape index (κ1) is 18.6. The third-order valence-corrected chi connectivity index (χ3v) is 3.73. The molecule has 7 nitrogen and oxygen atoms in total. The average molecular weight is 355 g/mol. The average Bonchev–Trinajstić information content (AvgIpc) is 2.59. The monoisotopic (exact) mass is 355 g/mol. The smallest absolute Gasteiger partial charge is 0.409 e. The minimum Gasteiger partial charge on any atom is -0.450 e. The van der Waals surface area contributed by atoms with E-state index in [4.69, 9.17) is 4.74 Å². The van der Waals surface area contributed by atoms with Crippen LogP contribution in [0, 0.1) is 11.6 Å². The van der Waals surface area contributed by atoms with E-state index in [-0.39, 0.29) is 24.6 Å². The summed E-state index contributed by atoms with van der Waals surface area (Å²) in [6.45, 7) is 3.00. The third-order valence-electron chi connectivity index (χ3n) is 3.73. The number of hydrogen-bond donors (Lipinski definition) is 1. The lowest BCUT2D eigenvalue weighted by atomic mass is 10.2. The molecular formula is C16H19F2N3O4. The van der Waals surface area contributed by atoms with Crippen LogP contribution in [0.4, 0.5) is 13.6 Å². The minimum absolute atomic E-state index is 0.282. The molecule has 0 atom stereocenters. The molecule has 1 N–H and O–H groups in total. The van der Waals surface area contributed by atoms with Gasteiger partial charge in [-0.2, -0.15) is 0 Å². The second-order valence-corrected chi connectivity index (χ2v) is 5.37. The zero-order chi connectivity index (χ0) is 18.4. The molecule has 0 saturated carbocycles. The molecule has 2 rings (SSSR count). The highest BCUT2D eigenvalue weighted by Crippen LogP contribution is 2.09. The number of ether oxygens (including phenoxy) is 1. The van der Waals surface area contributed by atoms with E-state index in [0.717, 1.165) is 12.1 Å². The molecule has 1 aliphatic rings. The summed E-state index contributed by atoms with van der Waals surface area (Å²) in [6.07, 6.45) is -0.422. The fourth-order valence-electron chi connectivity index (χ4n) is 2.39. The number of rotatable bonds is 4. The molecule has 1 aliphatic heterocycles. The molecule has 1 saturated heterocycles. The summed E-state index contributed by atoms with van der Waals surface area (Å²) < 4.78 is 31.2. The van der Waals surface area contributed by atoms with Crippen molar-refractivity contribution in [2.24, 2.45) is 0 Å². The van der Waals surface area contributed by atoms with Crippen LogP contribution in [0.2, 0.25) is 0 Å². The predicted octanol–water partition coefficient (Wildman–Crippen LogP) is 0.995. The molecule has 1 aromatic rings. The normalized spacial score (nSPS) is 14.2. The van der Waals surface area contributed by atoms with Gasteiger partial charge in [0.2, 0.25) is 5.91 Å². The number of halogens is 2. The number of piperazine rings is 1. The number of nitrogens with one attached hydrogen (secondary N) is 1. The summed E-state index contributed by atoms with van der Waals surface area (Å²) in [7, 11) is 0. The van der Waals surface area contributed by atoms with Gasteiger partial charge in [0.25, 0.3) is 5.91 Å². The van der Waals surface area contributed by atoms with Crippen molar-refractivity contribution in [3.05, 3.63) is 35.4 Å². The third kappa shape index (κ3) is 4.88. The molecule has 9 heteroatoms. The number of amides is 3. The van der Waals surface area contributed by atoms with Crippen molar-refractivity contribution in [1.29, 1.82) is 0 Å². The maximum absolute atomic E-state index is 13.5. The molecule has 1 aromatic carbocycles. The molecule has 0 unspecified atom stereocenters. The largest absolute Gasteiger partial charge is 0.450 e. The van der Waals surface area contributed by atoms with Crippen molar-refractivity contribution < 1.29 is 27.9 Å². The Hall–Kier alpha value is -2.71. The topological polar surface area (TPSA) is 79.0 Å². The van der Waals surface area contributed by atoms with Crippen LogP contribution in [-0.4, -0.2) is 67.0 Å². The van der Waals surface area contributed by atoms with Gasteiger partial charge < -0.3 is 19.9 Å². The fraction of sp³-hybridized carbons (Fsp3) is 0.438. The Labute approximate surface area is 143 Å². The second-order valence-electron chi connectivity index (χ2n) is 5.37. The van der Waals surface area contributed by atoms with Crippen molar-refractivity contribution >= 4 is 17.9 Å². The molecule has 0 spiro atoms. The SMILES string of the molecule is CCOC(=O)N1CCN(C(=O)CNC(=O)c2ccc(F)cc2F)CC1. The van der Waals surface area contributed by atoms with Crippen LogP contribution in [0.3, 0.4) is 0 Å². The summed E-state index contributed by atoms with van der Waals surface area (Å²) in [4.78, 5) is 38.5. The Balaban J connectivity index is 1.81. The summed E-state index contributed by atoms with van der Waals surface area (Å²) in [5.41, 5.74) is -0.332. The molecule has 136 valence electrons. The van der Waals surface area contributed by atoms with Crippen LogP contribution >= 0.6 is 0 Å². The highest BCUT2D eigenvalue weighted by molar-refractivity contribution is 5.96. The van der Waals surface area contributed by atoms with E-state index in [0.29, 0.717) is 32.2 Å². The van der Waals surface area contributed by atoms with Crippen LogP contribution < -0.4 is 5.32 Å². The maximum Gasteiger partial charge on any atom is 0.409 e. The first-order valence-electron chi connectivity index (χ1n) is 7.85. The lowest BCUT2D eigenvalue weighted by Gasteiger charge is -2.34. The van der Waals surface area contributed by atoms with Gasteiger partial charge in [0.05, 0.1) is 18.7 Å². The van der Waals surface area contributed by atoms with Gasteiger partial charge in [-0.3, -0.25) is 9.59 Å². The van der Waals surface area contributed by atoms with E-state index in [2.05, 4.69) is 5.32 Å². The number of carbonyl (C=O) groups excluding carboxylic acids is 3. The number of nitrogens with zero attached hydrogens (tertiary/aromatic N) is 2. The van der Waals surface area contributed by atoms with E-state index in [9.17, 15) is 23.2 Å². The van der Waals surface area contributed by atoms with Gasteiger partial charge in [-0.15, -0.1) is 0 Å². The van der Waals surface area contributed by atoms with E-state index in [1.165, 1.54) is 9.80 Å². The molecule has 25 heavy (non-hydrogen) atoms. The minimum atomic E-state index is -0.993. The van der Waals surface area contributed by atoms with Crippen molar-refractivity contribution in [2.45, 2.75) is 6.92 Å². The number of hydrogen-bond acceptors (Lipinski definition) is 4. The Bertz CT molecular complexity index is 661. The molecule has 1 fully saturated rings. The van der Waals surface area contributed by atoms with Crippen molar-refractivity contribution in [1.82, 2.24) is 15.1 Å². The van der Waals surface area contributed by atoms with Crippen molar-refractivity contribution in [2.75, 3.05) is 39.3 Å². The zero-order valence-corrected chi connectivity index (χ0v) is 13.8. The first-order chi connectivity index (χ1) is 11.9. The summed E-state index contributed by atoms with van der Waals surface area (Å²) >= 11 is 0. The Morgan fingerprint density at radius 3 is 2.36 bits per heavy atom. The van der Waals surface area contributed by atoms with E-state index < -0.39 is 23.6 Å². The van der Waals surface area contributed by atoms with Crippen LogP contribution in [0.5, 0.6) is 0 Å². The summed E-state index contributed by atoms with van der Waals surface area (Å²) in [5, 5.41) is 2.31. The highest BCUT2D eigenvalue weighted by atomic mass is 19.1. The molecule has 0 aliphatic carbocycles. The summed E-state index contributed by atoms with van der Waals surface area (Å²) in [5.74, 6) is -2.92. The van der Waals surface area contributed by atoms with Gasteiger partial charge >= 0.3 is 6.09 Å². The van der Waals surface area contributed by atoms with Gasteiger partial charge in [0, 0.05) is 32.2 Å². The number of benzene rings is 1. The van der Waals surface area contributed by atoms with Crippen molar-refractivity contribution in [3.8, 4) is 0 Å². The number of carbonyl (C=O) groups is 3. The predicted molar refractivity (Wildman–Crippen MR) is 83.9 cm³/mol. The maximum atomic E-state index is 13.5.